The fourth-order valence-corrected chi connectivity index (χ4v) is 4.06. The van der Waals surface area contributed by atoms with E-state index >= 15 is 0 Å². The van der Waals surface area contributed by atoms with E-state index in [-0.39, 0.29) is 29.8 Å². The van der Waals surface area contributed by atoms with Crippen molar-refractivity contribution in [2.75, 3.05) is 31.1 Å². The molecule has 7 heteroatoms. The molecule has 5 nitrogen and oxygen atoms in total. The summed E-state index contributed by atoms with van der Waals surface area (Å²) in [6.45, 7) is 5.10. The molecular formula is C21H34FIN4O. The lowest BCUT2D eigenvalue weighted by molar-refractivity contribution is 0.0131. The van der Waals surface area contributed by atoms with Gasteiger partial charge in [0, 0.05) is 31.4 Å². The summed E-state index contributed by atoms with van der Waals surface area (Å²) in [5.41, 5.74) is 0.315. The summed E-state index contributed by atoms with van der Waals surface area (Å²) in [5, 5.41) is 17.5. The molecule has 0 aromatic heterocycles. The fraction of sp³-hybridized carbons (Fsp3) is 0.667. The number of hydrogen-bond donors (Lipinski definition) is 3. The topological polar surface area (TPSA) is 59.9 Å². The smallest absolute Gasteiger partial charge is 0.191 e. The van der Waals surface area contributed by atoms with E-state index in [2.05, 4.69) is 27.4 Å². The van der Waals surface area contributed by atoms with Crippen LogP contribution in [0.4, 0.5) is 10.1 Å². The van der Waals surface area contributed by atoms with E-state index in [0.29, 0.717) is 12.6 Å². The highest BCUT2D eigenvalue weighted by Gasteiger charge is 2.29. The number of halogens is 2. The van der Waals surface area contributed by atoms with Crippen molar-refractivity contribution in [3.05, 3.63) is 30.1 Å². The number of aliphatic hydroxyl groups is 1. The van der Waals surface area contributed by atoms with E-state index in [1.807, 2.05) is 6.07 Å². The van der Waals surface area contributed by atoms with Crippen LogP contribution in [0.2, 0.25) is 0 Å². The Labute approximate surface area is 185 Å². The van der Waals surface area contributed by atoms with Gasteiger partial charge in [0.1, 0.15) is 5.82 Å². The Hall–Kier alpha value is -1.09. The molecule has 0 radical (unpaired) electrons. The van der Waals surface area contributed by atoms with Gasteiger partial charge in [-0.1, -0.05) is 25.3 Å². The summed E-state index contributed by atoms with van der Waals surface area (Å²) in [7, 11) is 0. The number of nitrogens with one attached hydrogen (secondary N) is 2. The first-order chi connectivity index (χ1) is 13.1. The molecule has 158 valence electrons. The number of hydrogen-bond acceptors (Lipinski definition) is 3. The van der Waals surface area contributed by atoms with Gasteiger partial charge < -0.3 is 20.6 Å². The van der Waals surface area contributed by atoms with E-state index in [1.54, 1.807) is 12.1 Å². The van der Waals surface area contributed by atoms with Crippen molar-refractivity contribution < 1.29 is 9.50 Å². The molecule has 2 fully saturated rings. The Balaban J connectivity index is 0.00000280. The molecule has 28 heavy (non-hydrogen) atoms. The van der Waals surface area contributed by atoms with Crippen LogP contribution in [0.1, 0.15) is 51.9 Å². The average Bonchev–Trinajstić information content (AvgIpc) is 2.68. The molecule has 1 saturated carbocycles. The van der Waals surface area contributed by atoms with Gasteiger partial charge in [-0.05, 0) is 50.8 Å². The molecule has 1 aliphatic carbocycles. The summed E-state index contributed by atoms with van der Waals surface area (Å²) in [4.78, 5) is 6.91. The molecule has 3 rings (SSSR count). The van der Waals surface area contributed by atoms with Crippen molar-refractivity contribution in [2.45, 2.75) is 63.5 Å². The zero-order chi connectivity index (χ0) is 19.1. The molecule has 0 unspecified atom stereocenters. The largest absolute Gasteiger partial charge is 0.388 e. The molecule has 1 aliphatic heterocycles. The van der Waals surface area contributed by atoms with Crippen molar-refractivity contribution in [3.8, 4) is 0 Å². The predicted octanol–water partition coefficient (Wildman–Crippen LogP) is 3.66. The second-order valence-corrected chi connectivity index (χ2v) is 7.87. The third kappa shape index (κ3) is 6.76. The molecule has 0 bridgehead atoms. The van der Waals surface area contributed by atoms with E-state index < -0.39 is 5.60 Å². The first-order valence-corrected chi connectivity index (χ1v) is 10.4. The molecular weight excluding hydrogens is 470 g/mol. The van der Waals surface area contributed by atoms with Gasteiger partial charge in [-0.3, -0.25) is 4.99 Å². The Bertz CT molecular complexity index is 629. The van der Waals surface area contributed by atoms with Gasteiger partial charge in [-0.2, -0.15) is 0 Å². The standard InChI is InChI=1S/C21H33FN4O.HI/c1-2-23-20(24-16-21(27)11-4-3-5-12-21)25-18-9-13-26(14-10-18)19-8-6-7-17(22)15-19;/h6-8,15,18,27H,2-5,9-14,16H2,1H3,(H2,23,24,25);1H. The first kappa shape index (κ1) is 23.2. The third-order valence-corrected chi connectivity index (χ3v) is 5.67. The van der Waals surface area contributed by atoms with Crippen LogP contribution in [0.3, 0.4) is 0 Å². The van der Waals surface area contributed by atoms with Gasteiger partial charge in [0.15, 0.2) is 5.96 Å². The lowest BCUT2D eigenvalue weighted by Crippen LogP contribution is -2.49. The maximum absolute atomic E-state index is 13.4. The number of guanidine groups is 1. The first-order valence-electron chi connectivity index (χ1n) is 10.4. The minimum atomic E-state index is -0.638. The molecule has 3 N–H and O–H groups in total. The zero-order valence-electron chi connectivity index (χ0n) is 16.8. The van der Waals surface area contributed by atoms with Crippen LogP contribution >= 0.6 is 24.0 Å². The van der Waals surface area contributed by atoms with Crippen molar-refractivity contribution in [1.29, 1.82) is 0 Å². The summed E-state index contributed by atoms with van der Waals surface area (Å²) < 4.78 is 13.4. The lowest BCUT2D eigenvalue weighted by atomic mass is 9.85. The van der Waals surface area contributed by atoms with Crippen LogP contribution < -0.4 is 15.5 Å². The van der Waals surface area contributed by atoms with Gasteiger partial charge in [-0.15, -0.1) is 24.0 Å². The number of benzene rings is 1. The number of aliphatic imine (C=N–C) groups is 1. The number of rotatable bonds is 5. The van der Waals surface area contributed by atoms with Crippen LogP contribution in [0.15, 0.2) is 29.3 Å². The van der Waals surface area contributed by atoms with Crippen molar-refractivity contribution in [1.82, 2.24) is 10.6 Å². The third-order valence-electron chi connectivity index (χ3n) is 5.67. The van der Waals surface area contributed by atoms with Crippen LogP contribution in [-0.2, 0) is 0 Å². The molecule has 1 aromatic carbocycles. The summed E-state index contributed by atoms with van der Waals surface area (Å²) >= 11 is 0. The van der Waals surface area contributed by atoms with E-state index in [0.717, 1.165) is 69.8 Å². The minimum absolute atomic E-state index is 0. The van der Waals surface area contributed by atoms with Gasteiger partial charge in [0.2, 0.25) is 0 Å². The molecule has 0 atom stereocenters. The lowest BCUT2D eigenvalue weighted by Gasteiger charge is -2.35. The van der Waals surface area contributed by atoms with E-state index in [4.69, 9.17) is 0 Å². The van der Waals surface area contributed by atoms with Gasteiger partial charge in [0.05, 0.1) is 12.1 Å². The van der Waals surface area contributed by atoms with Gasteiger partial charge in [-0.25, -0.2) is 4.39 Å². The summed E-state index contributed by atoms with van der Waals surface area (Å²) in [6, 6.07) is 7.16. The number of piperidine rings is 1. The molecule has 1 heterocycles. The second kappa shape index (κ2) is 11.2. The monoisotopic (exact) mass is 504 g/mol. The normalized spacial score (nSPS) is 20.4. The summed E-state index contributed by atoms with van der Waals surface area (Å²) in [6.07, 6.45) is 7.05. The number of nitrogens with zero attached hydrogens (tertiary/aromatic N) is 2. The quantitative estimate of drug-likeness (QED) is 0.326. The van der Waals surface area contributed by atoms with Crippen molar-refractivity contribution in [2.24, 2.45) is 4.99 Å². The summed E-state index contributed by atoms with van der Waals surface area (Å²) in [5.74, 6) is 0.607. The Morgan fingerprint density at radius 1 is 1.25 bits per heavy atom. The molecule has 2 aliphatic rings. The molecule has 0 amide bonds. The maximum Gasteiger partial charge on any atom is 0.191 e. The molecule has 1 aromatic rings. The molecule has 1 saturated heterocycles. The van der Waals surface area contributed by atoms with Crippen molar-refractivity contribution in [3.63, 3.8) is 0 Å². The highest BCUT2D eigenvalue weighted by molar-refractivity contribution is 14.0. The zero-order valence-corrected chi connectivity index (χ0v) is 19.1. The van der Waals surface area contributed by atoms with E-state index in [9.17, 15) is 9.50 Å². The van der Waals surface area contributed by atoms with Crippen LogP contribution in [0, 0.1) is 5.82 Å². The molecule has 0 spiro atoms. The Morgan fingerprint density at radius 2 is 1.96 bits per heavy atom. The predicted molar refractivity (Wildman–Crippen MR) is 124 cm³/mol. The minimum Gasteiger partial charge on any atom is -0.388 e. The van der Waals surface area contributed by atoms with Gasteiger partial charge >= 0.3 is 0 Å². The van der Waals surface area contributed by atoms with Crippen LogP contribution in [0.25, 0.3) is 0 Å². The van der Waals surface area contributed by atoms with E-state index in [1.165, 1.54) is 12.5 Å². The van der Waals surface area contributed by atoms with Gasteiger partial charge in [0.25, 0.3) is 0 Å². The number of anilines is 1. The SMILES string of the molecule is CCNC(=NCC1(O)CCCCC1)NC1CCN(c2cccc(F)c2)CC1.I. The van der Waals surface area contributed by atoms with Crippen LogP contribution in [0.5, 0.6) is 0 Å². The Kier molecular flexibility index (Phi) is 9.27. The maximum atomic E-state index is 13.4. The van der Waals surface area contributed by atoms with Crippen LogP contribution in [-0.4, -0.2) is 48.9 Å². The fourth-order valence-electron chi connectivity index (χ4n) is 4.06. The Morgan fingerprint density at radius 3 is 2.61 bits per heavy atom. The highest BCUT2D eigenvalue weighted by Crippen LogP contribution is 2.28. The average molecular weight is 504 g/mol. The van der Waals surface area contributed by atoms with Crippen molar-refractivity contribution >= 4 is 35.6 Å². The second-order valence-electron chi connectivity index (χ2n) is 7.87. The highest BCUT2D eigenvalue weighted by atomic mass is 127.